The summed E-state index contributed by atoms with van der Waals surface area (Å²) in [5.41, 5.74) is 0.279. The zero-order chi connectivity index (χ0) is 20.0. The van der Waals surface area contributed by atoms with Crippen LogP contribution in [0.5, 0.6) is 5.75 Å². The van der Waals surface area contributed by atoms with Gasteiger partial charge in [-0.1, -0.05) is 57.2 Å². The highest BCUT2D eigenvalue weighted by atomic mass is 16.6. The molecule has 1 aromatic heterocycles. The second kappa shape index (κ2) is 8.61. The van der Waals surface area contributed by atoms with E-state index in [9.17, 15) is 4.79 Å². The van der Waals surface area contributed by atoms with Gasteiger partial charge >= 0.3 is 6.09 Å². The van der Waals surface area contributed by atoms with Crippen molar-refractivity contribution in [3.05, 3.63) is 79.4 Å². The minimum atomic E-state index is -0.578. The van der Waals surface area contributed by atoms with Gasteiger partial charge in [0.05, 0.1) is 6.33 Å². The molecule has 1 heterocycles. The Labute approximate surface area is 165 Å². The van der Waals surface area contributed by atoms with Gasteiger partial charge in [-0.3, -0.25) is 9.88 Å². The van der Waals surface area contributed by atoms with E-state index in [0.29, 0.717) is 11.4 Å². The van der Waals surface area contributed by atoms with Crippen molar-refractivity contribution < 1.29 is 14.3 Å². The molecule has 3 aromatic rings. The van der Waals surface area contributed by atoms with E-state index >= 15 is 0 Å². The van der Waals surface area contributed by atoms with E-state index in [-0.39, 0.29) is 0 Å². The molecule has 0 saturated heterocycles. The van der Waals surface area contributed by atoms with Crippen LogP contribution < -0.4 is 10.1 Å². The first-order valence-electron chi connectivity index (χ1n) is 9.15. The van der Waals surface area contributed by atoms with Gasteiger partial charge in [-0.15, -0.1) is 0 Å². The zero-order valence-corrected chi connectivity index (χ0v) is 16.3. The number of para-hydroxylation sites is 2. The number of carbonyl (C=O) groups is 1. The maximum atomic E-state index is 12.6. The number of amides is 1. The minimum Gasteiger partial charge on any atom is -0.466 e. The number of rotatable bonds is 6. The smallest absolute Gasteiger partial charge is 0.412 e. The van der Waals surface area contributed by atoms with Crippen molar-refractivity contribution in [3.63, 3.8) is 0 Å². The minimum absolute atomic E-state index is 0.391. The van der Waals surface area contributed by atoms with Crippen molar-refractivity contribution in [1.82, 2.24) is 9.55 Å². The van der Waals surface area contributed by atoms with Crippen LogP contribution in [0.4, 0.5) is 10.5 Å². The molecule has 0 saturated carbocycles. The number of imidazole rings is 1. The summed E-state index contributed by atoms with van der Waals surface area (Å²) in [6, 6.07) is 18.7. The lowest BCUT2D eigenvalue weighted by Crippen LogP contribution is -2.42. The van der Waals surface area contributed by atoms with Gasteiger partial charge in [0.1, 0.15) is 5.75 Å². The lowest BCUT2D eigenvalue weighted by Gasteiger charge is -2.36. The Kier molecular flexibility index (Phi) is 5.99. The van der Waals surface area contributed by atoms with Crippen LogP contribution in [0.2, 0.25) is 0 Å². The zero-order valence-electron chi connectivity index (χ0n) is 16.3. The highest BCUT2D eigenvalue weighted by molar-refractivity contribution is 5.84. The van der Waals surface area contributed by atoms with Gasteiger partial charge < -0.3 is 9.47 Å². The average molecular weight is 379 g/mol. The van der Waals surface area contributed by atoms with Gasteiger partial charge in [-0.2, -0.15) is 0 Å². The molecule has 2 unspecified atom stereocenters. The van der Waals surface area contributed by atoms with E-state index in [0.717, 1.165) is 0 Å². The summed E-state index contributed by atoms with van der Waals surface area (Å²) in [6.07, 6.45) is 3.44. The quantitative estimate of drug-likeness (QED) is 0.645. The number of benzene rings is 2. The molecule has 0 aliphatic heterocycles. The highest BCUT2D eigenvalue weighted by Crippen LogP contribution is 2.33. The summed E-state index contributed by atoms with van der Waals surface area (Å²) in [5.74, 6) is 0.683. The Morgan fingerprint density at radius 2 is 1.68 bits per heavy atom. The molecule has 0 spiro atoms. The molecule has 146 valence electrons. The molecule has 0 radical (unpaired) electrons. The van der Waals surface area contributed by atoms with Crippen molar-refractivity contribution in [2.24, 2.45) is 5.41 Å². The predicted molar refractivity (Wildman–Crippen MR) is 108 cm³/mol. The summed E-state index contributed by atoms with van der Waals surface area (Å²) >= 11 is 0. The third kappa shape index (κ3) is 5.13. The number of carbonyl (C=O) groups excluding carboxylic acids is 1. The highest BCUT2D eigenvalue weighted by Gasteiger charge is 2.38. The van der Waals surface area contributed by atoms with Gasteiger partial charge in [0, 0.05) is 23.5 Å². The van der Waals surface area contributed by atoms with E-state index in [2.05, 4.69) is 10.3 Å². The van der Waals surface area contributed by atoms with Crippen LogP contribution >= 0.6 is 0 Å². The van der Waals surface area contributed by atoms with Crippen molar-refractivity contribution in [2.45, 2.75) is 33.1 Å². The van der Waals surface area contributed by atoms with E-state index < -0.39 is 23.8 Å². The van der Waals surface area contributed by atoms with Crippen LogP contribution in [0.15, 0.2) is 79.4 Å². The number of hydrogen-bond donors (Lipinski definition) is 1. The van der Waals surface area contributed by atoms with E-state index in [4.69, 9.17) is 9.47 Å². The molecule has 0 aliphatic carbocycles. The van der Waals surface area contributed by atoms with Crippen LogP contribution in [0.25, 0.3) is 0 Å². The summed E-state index contributed by atoms with van der Waals surface area (Å²) in [7, 11) is 0. The van der Waals surface area contributed by atoms with Gasteiger partial charge in [0.25, 0.3) is 0 Å². The van der Waals surface area contributed by atoms with Crippen molar-refractivity contribution in [2.75, 3.05) is 5.32 Å². The van der Waals surface area contributed by atoms with Crippen LogP contribution in [-0.2, 0) is 4.74 Å². The fraction of sp³-hybridized carbons (Fsp3) is 0.273. The molecule has 3 rings (SSSR count). The second-order valence-corrected chi connectivity index (χ2v) is 7.51. The Hall–Kier alpha value is -3.28. The molecule has 0 aliphatic rings. The van der Waals surface area contributed by atoms with Gasteiger partial charge in [0.15, 0.2) is 6.10 Å². The lowest BCUT2D eigenvalue weighted by molar-refractivity contribution is -0.0707. The molecule has 0 bridgehead atoms. The third-order valence-corrected chi connectivity index (χ3v) is 4.19. The summed E-state index contributed by atoms with van der Waals surface area (Å²) in [4.78, 5) is 16.7. The van der Waals surface area contributed by atoms with Crippen LogP contribution in [-0.4, -0.2) is 21.7 Å². The number of aromatic nitrogens is 2. The van der Waals surface area contributed by atoms with E-state index in [1.54, 1.807) is 35.4 Å². The van der Waals surface area contributed by atoms with Crippen LogP contribution in [0.1, 0.15) is 27.0 Å². The van der Waals surface area contributed by atoms with Crippen molar-refractivity contribution in [3.8, 4) is 5.75 Å². The lowest BCUT2D eigenvalue weighted by atomic mass is 9.87. The molecular weight excluding hydrogens is 354 g/mol. The Morgan fingerprint density at radius 1 is 1.04 bits per heavy atom. The van der Waals surface area contributed by atoms with Crippen LogP contribution in [0.3, 0.4) is 0 Å². The molecule has 1 amide bonds. The van der Waals surface area contributed by atoms with E-state index in [1.807, 2.05) is 69.3 Å². The Bertz CT molecular complexity index is 859. The Morgan fingerprint density at radius 3 is 2.25 bits per heavy atom. The maximum absolute atomic E-state index is 12.6. The number of ether oxygens (including phenoxy) is 2. The van der Waals surface area contributed by atoms with Gasteiger partial charge in [0.2, 0.25) is 6.23 Å². The number of hydrogen-bond acceptors (Lipinski definition) is 4. The monoisotopic (exact) mass is 379 g/mol. The predicted octanol–water partition coefficient (Wildman–Crippen LogP) is 5.12. The van der Waals surface area contributed by atoms with Crippen molar-refractivity contribution >= 4 is 11.8 Å². The second-order valence-electron chi connectivity index (χ2n) is 7.51. The van der Waals surface area contributed by atoms with Crippen molar-refractivity contribution in [1.29, 1.82) is 0 Å². The number of nitrogens with one attached hydrogen (secondary N) is 1. The first-order chi connectivity index (χ1) is 13.4. The molecule has 1 N–H and O–H groups in total. The number of anilines is 1. The van der Waals surface area contributed by atoms with Gasteiger partial charge in [-0.05, 0) is 24.3 Å². The molecular formula is C22H25N3O3. The maximum Gasteiger partial charge on any atom is 0.412 e. The molecule has 2 aromatic carbocycles. The standard InChI is InChI=1S/C22H25N3O3/c1-22(2,3)19(28-21(26)24-17-10-6-4-7-11-17)20(25-15-14-23-16-25)27-18-12-8-5-9-13-18/h4-16,19-20H,1-3H3,(H,24,26). The average Bonchev–Trinajstić information content (AvgIpc) is 3.20. The van der Waals surface area contributed by atoms with Gasteiger partial charge in [-0.25, -0.2) is 9.78 Å². The fourth-order valence-corrected chi connectivity index (χ4v) is 2.78. The topological polar surface area (TPSA) is 65.4 Å². The van der Waals surface area contributed by atoms with Crippen LogP contribution in [0, 0.1) is 5.41 Å². The first kappa shape index (κ1) is 19.5. The number of nitrogens with zero attached hydrogens (tertiary/aromatic N) is 2. The van der Waals surface area contributed by atoms with E-state index in [1.165, 1.54) is 0 Å². The Balaban J connectivity index is 1.85. The molecule has 0 fully saturated rings. The first-order valence-corrected chi connectivity index (χ1v) is 9.15. The summed E-state index contributed by atoms with van der Waals surface area (Å²) in [6.45, 7) is 6.02. The molecule has 28 heavy (non-hydrogen) atoms. The summed E-state index contributed by atoms with van der Waals surface area (Å²) < 4.78 is 13.9. The molecule has 2 atom stereocenters. The largest absolute Gasteiger partial charge is 0.466 e. The normalized spacial score (nSPS) is 13.4. The molecule has 6 nitrogen and oxygen atoms in total. The summed E-state index contributed by atoms with van der Waals surface area (Å²) in [5, 5.41) is 2.77. The fourth-order valence-electron chi connectivity index (χ4n) is 2.78. The molecule has 6 heteroatoms. The SMILES string of the molecule is CC(C)(C)C(OC(=O)Nc1ccccc1)C(Oc1ccccc1)n1ccnc1. The third-order valence-electron chi connectivity index (χ3n) is 4.19.